The molecule has 4 rings (SSSR count). The van der Waals surface area contributed by atoms with E-state index in [4.69, 9.17) is 0 Å². The summed E-state index contributed by atoms with van der Waals surface area (Å²) in [6.45, 7) is -1.22. The van der Waals surface area contributed by atoms with E-state index in [1.54, 1.807) is 25.1 Å². The molecule has 0 unspecified atom stereocenters. The molecule has 3 aromatic carbocycles. The molecule has 0 fully saturated rings. The molecule has 1 amide bonds. The highest BCUT2D eigenvalue weighted by Gasteiger charge is 2.13. The first-order chi connectivity index (χ1) is 14.0. The summed E-state index contributed by atoms with van der Waals surface area (Å²) in [6, 6.07) is 19.2. The van der Waals surface area contributed by atoms with Crippen LogP contribution in [-0.2, 0) is 0 Å². The van der Waals surface area contributed by atoms with Crippen molar-refractivity contribution in [2.75, 3.05) is 5.32 Å². The minimum atomic E-state index is -2.94. The SMILES string of the molecule is Cc1ccc(OC(F)F)cc1C(=O)Nc1ccc(-c2nc3ccccc3[nH]2)cc1. The summed E-state index contributed by atoms with van der Waals surface area (Å²) < 4.78 is 29.2. The molecule has 5 nitrogen and oxygen atoms in total. The first-order valence-corrected chi connectivity index (χ1v) is 8.91. The van der Waals surface area contributed by atoms with Gasteiger partial charge in [0.05, 0.1) is 11.0 Å². The highest BCUT2D eigenvalue weighted by molar-refractivity contribution is 6.05. The van der Waals surface area contributed by atoms with Crippen LogP contribution in [0.4, 0.5) is 14.5 Å². The van der Waals surface area contributed by atoms with Gasteiger partial charge in [-0.3, -0.25) is 4.79 Å². The van der Waals surface area contributed by atoms with Crippen LogP contribution in [0.1, 0.15) is 15.9 Å². The average Bonchev–Trinajstić information content (AvgIpc) is 3.14. The third-order valence-electron chi connectivity index (χ3n) is 4.48. The van der Waals surface area contributed by atoms with Crippen LogP contribution in [0.5, 0.6) is 5.75 Å². The zero-order chi connectivity index (χ0) is 20.4. The van der Waals surface area contributed by atoms with Gasteiger partial charge in [0.1, 0.15) is 11.6 Å². The standard InChI is InChI=1S/C22H17F2N3O2/c1-13-6-11-16(29-22(23)24)12-17(13)21(28)25-15-9-7-14(8-10-15)20-26-18-4-2-3-5-19(18)27-20/h2-12,22H,1H3,(H,25,28)(H,26,27). The number of anilines is 1. The first kappa shape index (κ1) is 18.6. The van der Waals surface area contributed by atoms with Crippen molar-refractivity contribution in [3.05, 3.63) is 77.9 Å². The molecule has 0 radical (unpaired) electrons. The Hall–Kier alpha value is -3.74. The Balaban J connectivity index is 1.52. The number of nitrogens with zero attached hydrogens (tertiary/aromatic N) is 1. The van der Waals surface area contributed by atoms with Crippen molar-refractivity contribution in [1.29, 1.82) is 0 Å². The predicted molar refractivity (Wildman–Crippen MR) is 107 cm³/mol. The number of fused-ring (bicyclic) bond motifs is 1. The predicted octanol–water partition coefficient (Wildman–Crippen LogP) is 5.39. The smallest absolute Gasteiger partial charge is 0.387 e. The van der Waals surface area contributed by atoms with Crippen molar-refractivity contribution in [3.63, 3.8) is 0 Å². The largest absolute Gasteiger partial charge is 0.435 e. The van der Waals surface area contributed by atoms with Crippen molar-refractivity contribution < 1.29 is 18.3 Å². The van der Waals surface area contributed by atoms with Crippen molar-refractivity contribution in [2.45, 2.75) is 13.5 Å². The second-order valence-electron chi connectivity index (χ2n) is 6.49. The number of aromatic amines is 1. The number of hydrogen-bond acceptors (Lipinski definition) is 3. The minimum Gasteiger partial charge on any atom is -0.435 e. The van der Waals surface area contributed by atoms with E-state index in [0.717, 1.165) is 22.4 Å². The molecule has 0 bridgehead atoms. The number of carbonyl (C=O) groups is 1. The number of imidazole rings is 1. The molecule has 1 aromatic heterocycles. The van der Waals surface area contributed by atoms with Gasteiger partial charge in [0.2, 0.25) is 0 Å². The molecule has 2 N–H and O–H groups in total. The zero-order valence-corrected chi connectivity index (χ0v) is 15.4. The molecule has 146 valence electrons. The Morgan fingerprint density at radius 1 is 1.07 bits per heavy atom. The molecule has 7 heteroatoms. The van der Waals surface area contributed by atoms with E-state index in [-0.39, 0.29) is 11.3 Å². The van der Waals surface area contributed by atoms with Gasteiger partial charge in [-0.1, -0.05) is 18.2 Å². The number of alkyl halides is 2. The number of aryl methyl sites for hydroxylation is 1. The van der Waals surface area contributed by atoms with Crippen LogP contribution < -0.4 is 10.1 Å². The highest BCUT2D eigenvalue weighted by Crippen LogP contribution is 2.24. The summed E-state index contributed by atoms with van der Waals surface area (Å²) in [4.78, 5) is 20.4. The molecule has 0 atom stereocenters. The normalized spacial score (nSPS) is 11.0. The third kappa shape index (κ3) is 4.08. The Kier molecular flexibility index (Phi) is 4.95. The highest BCUT2D eigenvalue weighted by atomic mass is 19.3. The Bertz CT molecular complexity index is 1140. The molecule has 1 heterocycles. The number of benzene rings is 3. The zero-order valence-electron chi connectivity index (χ0n) is 15.4. The van der Waals surface area contributed by atoms with E-state index in [1.165, 1.54) is 12.1 Å². The van der Waals surface area contributed by atoms with Crippen LogP contribution in [0.25, 0.3) is 22.4 Å². The van der Waals surface area contributed by atoms with Crippen molar-refractivity contribution >= 4 is 22.6 Å². The number of nitrogens with one attached hydrogen (secondary N) is 2. The van der Waals surface area contributed by atoms with Crippen LogP contribution in [0.2, 0.25) is 0 Å². The molecule has 0 aliphatic rings. The van der Waals surface area contributed by atoms with Gasteiger partial charge in [0.25, 0.3) is 5.91 Å². The molecular formula is C22H17F2N3O2. The maximum absolute atomic E-state index is 12.6. The second kappa shape index (κ2) is 7.71. The average molecular weight is 393 g/mol. The van der Waals surface area contributed by atoms with Crippen LogP contribution in [0.3, 0.4) is 0 Å². The number of amides is 1. The number of para-hydroxylation sites is 2. The molecule has 0 spiro atoms. The van der Waals surface area contributed by atoms with E-state index < -0.39 is 12.5 Å². The number of ether oxygens (including phenoxy) is 1. The maximum Gasteiger partial charge on any atom is 0.387 e. The number of hydrogen-bond donors (Lipinski definition) is 2. The van der Waals surface area contributed by atoms with Gasteiger partial charge in [-0.05, 0) is 61.0 Å². The van der Waals surface area contributed by atoms with E-state index in [1.807, 2.05) is 36.4 Å². The molecule has 0 saturated heterocycles. The minimum absolute atomic E-state index is 0.0593. The summed E-state index contributed by atoms with van der Waals surface area (Å²) in [5.41, 5.74) is 4.20. The molecule has 4 aromatic rings. The summed E-state index contributed by atoms with van der Waals surface area (Å²) >= 11 is 0. The van der Waals surface area contributed by atoms with E-state index in [9.17, 15) is 13.6 Å². The van der Waals surface area contributed by atoms with Gasteiger partial charge in [0.15, 0.2) is 0 Å². The fourth-order valence-electron chi connectivity index (χ4n) is 3.02. The molecular weight excluding hydrogens is 376 g/mol. The van der Waals surface area contributed by atoms with Gasteiger partial charge >= 0.3 is 6.61 Å². The quantitative estimate of drug-likeness (QED) is 0.478. The number of halogens is 2. The summed E-state index contributed by atoms with van der Waals surface area (Å²) in [6.07, 6.45) is 0. The Morgan fingerprint density at radius 3 is 2.55 bits per heavy atom. The lowest BCUT2D eigenvalue weighted by atomic mass is 10.1. The lowest BCUT2D eigenvalue weighted by Gasteiger charge is -2.11. The number of carbonyl (C=O) groups excluding carboxylic acids is 1. The van der Waals surface area contributed by atoms with Crippen LogP contribution in [0.15, 0.2) is 66.7 Å². The molecule has 0 aliphatic carbocycles. The van der Waals surface area contributed by atoms with Crippen molar-refractivity contribution in [3.8, 4) is 17.1 Å². The first-order valence-electron chi connectivity index (χ1n) is 8.91. The fraction of sp³-hybridized carbons (Fsp3) is 0.0909. The third-order valence-corrected chi connectivity index (χ3v) is 4.48. The van der Waals surface area contributed by atoms with E-state index in [2.05, 4.69) is 20.0 Å². The van der Waals surface area contributed by atoms with Gasteiger partial charge in [-0.2, -0.15) is 8.78 Å². The van der Waals surface area contributed by atoms with Crippen LogP contribution in [0, 0.1) is 6.92 Å². The molecule has 29 heavy (non-hydrogen) atoms. The van der Waals surface area contributed by atoms with E-state index >= 15 is 0 Å². The number of rotatable bonds is 5. The van der Waals surface area contributed by atoms with Gasteiger partial charge < -0.3 is 15.0 Å². The summed E-state index contributed by atoms with van der Waals surface area (Å²) in [5.74, 6) is 0.270. The summed E-state index contributed by atoms with van der Waals surface area (Å²) in [7, 11) is 0. The van der Waals surface area contributed by atoms with Crippen molar-refractivity contribution in [1.82, 2.24) is 9.97 Å². The molecule has 0 aliphatic heterocycles. The van der Waals surface area contributed by atoms with Gasteiger partial charge in [-0.25, -0.2) is 4.98 Å². The number of H-pyrrole nitrogens is 1. The maximum atomic E-state index is 12.6. The van der Waals surface area contributed by atoms with Crippen molar-refractivity contribution in [2.24, 2.45) is 0 Å². The second-order valence-corrected chi connectivity index (χ2v) is 6.49. The van der Waals surface area contributed by atoms with Crippen LogP contribution in [-0.4, -0.2) is 22.5 Å². The molecule has 0 saturated carbocycles. The van der Waals surface area contributed by atoms with Gasteiger partial charge in [0, 0.05) is 16.8 Å². The monoisotopic (exact) mass is 393 g/mol. The topological polar surface area (TPSA) is 67.0 Å². The lowest BCUT2D eigenvalue weighted by molar-refractivity contribution is -0.0498. The Morgan fingerprint density at radius 2 is 1.83 bits per heavy atom. The van der Waals surface area contributed by atoms with E-state index in [0.29, 0.717) is 11.3 Å². The number of aromatic nitrogens is 2. The summed E-state index contributed by atoms with van der Waals surface area (Å²) in [5, 5.41) is 2.77. The fourth-order valence-corrected chi connectivity index (χ4v) is 3.02. The lowest BCUT2D eigenvalue weighted by Crippen LogP contribution is -2.14. The van der Waals surface area contributed by atoms with Crippen LogP contribution >= 0.6 is 0 Å². The Labute approximate surface area is 165 Å². The van der Waals surface area contributed by atoms with Gasteiger partial charge in [-0.15, -0.1) is 0 Å².